The second-order valence-corrected chi connectivity index (χ2v) is 4.96. The molecule has 2 aliphatic rings. The van der Waals surface area contributed by atoms with E-state index in [-0.39, 0.29) is 5.54 Å². The van der Waals surface area contributed by atoms with Crippen molar-refractivity contribution in [2.45, 2.75) is 37.8 Å². The highest BCUT2D eigenvalue weighted by atomic mass is 16.5. The summed E-state index contributed by atoms with van der Waals surface area (Å²) in [5.74, 6) is 0.623. The lowest BCUT2D eigenvalue weighted by Crippen LogP contribution is -2.56. The standard InChI is InChI=1S/C11H22N2O/c1-11(8-12,9-5-6-14-7-9)13(2)10-3-4-10/h9-10H,3-8,12H2,1-2H3. The number of nitrogens with two attached hydrogens (primary N) is 1. The summed E-state index contributed by atoms with van der Waals surface area (Å²) in [6.45, 7) is 4.85. The third-order valence-corrected chi connectivity index (χ3v) is 4.12. The SMILES string of the molecule is CN(C1CC1)C(C)(CN)C1CCOC1. The van der Waals surface area contributed by atoms with Crippen LogP contribution in [-0.2, 0) is 4.74 Å². The zero-order chi connectivity index (χ0) is 10.2. The number of ether oxygens (including phenoxy) is 1. The summed E-state index contributed by atoms with van der Waals surface area (Å²) in [4.78, 5) is 2.49. The Kier molecular flexibility index (Phi) is 2.82. The maximum atomic E-state index is 5.96. The molecule has 2 unspecified atom stereocenters. The highest BCUT2D eigenvalue weighted by Gasteiger charge is 2.44. The molecule has 0 aromatic heterocycles. The van der Waals surface area contributed by atoms with Crippen molar-refractivity contribution >= 4 is 0 Å². The van der Waals surface area contributed by atoms with Gasteiger partial charge in [0.05, 0.1) is 6.61 Å². The maximum absolute atomic E-state index is 5.96. The molecule has 1 aliphatic heterocycles. The van der Waals surface area contributed by atoms with Gasteiger partial charge in [0.1, 0.15) is 0 Å². The maximum Gasteiger partial charge on any atom is 0.0513 e. The largest absolute Gasteiger partial charge is 0.381 e. The minimum Gasteiger partial charge on any atom is -0.381 e. The van der Waals surface area contributed by atoms with E-state index in [1.165, 1.54) is 19.3 Å². The van der Waals surface area contributed by atoms with Crippen LogP contribution in [0.3, 0.4) is 0 Å². The predicted octanol–water partition coefficient (Wildman–Crippen LogP) is 0.834. The molecule has 0 aromatic carbocycles. The van der Waals surface area contributed by atoms with E-state index >= 15 is 0 Å². The Hall–Kier alpha value is -0.120. The Labute approximate surface area is 86.6 Å². The molecule has 0 spiro atoms. The molecule has 1 heterocycles. The Morgan fingerprint density at radius 1 is 1.43 bits per heavy atom. The average molecular weight is 198 g/mol. The van der Waals surface area contributed by atoms with Crippen molar-refractivity contribution < 1.29 is 4.74 Å². The molecular weight excluding hydrogens is 176 g/mol. The smallest absolute Gasteiger partial charge is 0.0513 e. The molecule has 1 saturated carbocycles. The summed E-state index contributed by atoms with van der Waals surface area (Å²) in [7, 11) is 2.23. The number of rotatable bonds is 4. The molecule has 0 bridgehead atoms. The molecule has 0 amide bonds. The summed E-state index contributed by atoms with van der Waals surface area (Å²) in [5, 5.41) is 0. The zero-order valence-corrected chi connectivity index (χ0v) is 9.33. The van der Waals surface area contributed by atoms with Gasteiger partial charge < -0.3 is 10.5 Å². The van der Waals surface area contributed by atoms with E-state index in [9.17, 15) is 0 Å². The molecular formula is C11H22N2O. The minimum atomic E-state index is 0.150. The summed E-state index contributed by atoms with van der Waals surface area (Å²) in [6.07, 6.45) is 3.87. The van der Waals surface area contributed by atoms with Crippen molar-refractivity contribution in [3.05, 3.63) is 0 Å². The molecule has 3 heteroatoms. The molecule has 0 radical (unpaired) electrons. The lowest BCUT2D eigenvalue weighted by atomic mass is 9.83. The van der Waals surface area contributed by atoms with Gasteiger partial charge in [0.2, 0.25) is 0 Å². The van der Waals surface area contributed by atoms with Crippen LogP contribution in [0.15, 0.2) is 0 Å². The van der Waals surface area contributed by atoms with Crippen molar-refractivity contribution in [1.29, 1.82) is 0 Å². The van der Waals surface area contributed by atoms with Crippen molar-refractivity contribution in [3.8, 4) is 0 Å². The van der Waals surface area contributed by atoms with Gasteiger partial charge >= 0.3 is 0 Å². The van der Waals surface area contributed by atoms with E-state index in [0.29, 0.717) is 5.92 Å². The summed E-state index contributed by atoms with van der Waals surface area (Å²) in [5.41, 5.74) is 6.11. The quantitative estimate of drug-likeness (QED) is 0.727. The number of hydrogen-bond donors (Lipinski definition) is 1. The van der Waals surface area contributed by atoms with Crippen LogP contribution in [0, 0.1) is 5.92 Å². The summed E-state index contributed by atoms with van der Waals surface area (Å²) >= 11 is 0. The molecule has 0 aromatic rings. The van der Waals surface area contributed by atoms with E-state index < -0.39 is 0 Å². The van der Waals surface area contributed by atoms with Crippen LogP contribution in [0.25, 0.3) is 0 Å². The van der Waals surface area contributed by atoms with Crippen LogP contribution >= 0.6 is 0 Å². The number of hydrogen-bond acceptors (Lipinski definition) is 3. The van der Waals surface area contributed by atoms with E-state index in [1.54, 1.807) is 0 Å². The molecule has 2 rings (SSSR count). The van der Waals surface area contributed by atoms with Crippen LogP contribution in [-0.4, -0.2) is 43.3 Å². The van der Waals surface area contributed by atoms with Gasteiger partial charge in [-0.3, -0.25) is 4.90 Å². The summed E-state index contributed by atoms with van der Waals surface area (Å²) in [6, 6.07) is 0.782. The molecule has 2 atom stereocenters. The van der Waals surface area contributed by atoms with Crippen molar-refractivity contribution in [2.75, 3.05) is 26.8 Å². The van der Waals surface area contributed by atoms with Gasteiger partial charge in [0.25, 0.3) is 0 Å². The van der Waals surface area contributed by atoms with Crippen LogP contribution in [0.2, 0.25) is 0 Å². The predicted molar refractivity (Wildman–Crippen MR) is 57.2 cm³/mol. The lowest BCUT2D eigenvalue weighted by Gasteiger charge is -2.42. The van der Waals surface area contributed by atoms with Gasteiger partial charge in [-0.1, -0.05) is 0 Å². The Balaban J connectivity index is 2.05. The molecule has 82 valence electrons. The molecule has 2 N–H and O–H groups in total. The fraction of sp³-hybridized carbons (Fsp3) is 1.00. The molecule has 2 fully saturated rings. The Morgan fingerprint density at radius 2 is 2.14 bits per heavy atom. The first-order valence-electron chi connectivity index (χ1n) is 5.69. The van der Waals surface area contributed by atoms with Crippen molar-refractivity contribution in [2.24, 2.45) is 11.7 Å². The van der Waals surface area contributed by atoms with E-state index in [2.05, 4.69) is 18.9 Å². The molecule has 1 aliphatic carbocycles. The monoisotopic (exact) mass is 198 g/mol. The van der Waals surface area contributed by atoms with Gasteiger partial charge in [-0.05, 0) is 33.2 Å². The topological polar surface area (TPSA) is 38.5 Å². The Morgan fingerprint density at radius 3 is 2.57 bits per heavy atom. The fourth-order valence-electron chi connectivity index (χ4n) is 2.50. The highest BCUT2D eigenvalue weighted by Crippen LogP contribution is 2.37. The fourth-order valence-corrected chi connectivity index (χ4v) is 2.50. The molecule has 14 heavy (non-hydrogen) atoms. The number of likely N-dealkylation sites (N-methyl/N-ethyl adjacent to an activating group) is 1. The van der Waals surface area contributed by atoms with Crippen LogP contribution in [0.1, 0.15) is 26.2 Å². The first kappa shape index (κ1) is 10.4. The third-order valence-electron chi connectivity index (χ3n) is 4.12. The van der Waals surface area contributed by atoms with E-state index in [0.717, 1.165) is 25.8 Å². The first-order valence-corrected chi connectivity index (χ1v) is 5.69. The second kappa shape index (κ2) is 3.80. The zero-order valence-electron chi connectivity index (χ0n) is 9.33. The van der Waals surface area contributed by atoms with Crippen molar-refractivity contribution in [3.63, 3.8) is 0 Å². The van der Waals surface area contributed by atoms with Gasteiger partial charge in [0, 0.05) is 30.7 Å². The second-order valence-electron chi connectivity index (χ2n) is 4.96. The highest BCUT2D eigenvalue weighted by molar-refractivity contribution is 4.99. The number of nitrogens with zero attached hydrogens (tertiary/aromatic N) is 1. The molecule has 3 nitrogen and oxygen atoms in total. The van der Waals surface area contributed by atoms with Gasteiger partial charge in [-0.15, -0.1) is 0 Å². The van der Waals surface area contributed by atoms with E-state index in [1.807, 2.05) is 0 Å². The molecule has 1 saturated heterocycles. The normalized spacial score (nSPS) is 32.1. The Bertz CT molecular complexity index is 195. The lowest BCUT2D eigenvalue weighted by molar-refractivity contribution is 0.0606. The van der Waals surface area contributed by atoms with Gasteiger partial charge in [-0.25, -0.2) is 0 Å². The first-order chi connectivity index (χ1) is 6.68. The van der Waals surface area contributed by atoms with Crippen LogP contribution in [0.5, 0.6) is 0 Å². The van der Waals surface area contributed by atoms with Crippen LogP contribution < -0.4 is 5.73 Å². The van der Waals surface area contributed by atoms with Crippen LogP contribution in [0.4, 0.5) is 0 Å². The van der Waals surface area contributed by atoms with Gasteiger partial charge in [-0.2, -0.15) is 0 Å². The van der Waals surface area contributed by atoms with E-state index in [4.69, 9.17) is 10.5 Å². The average Bonchev–Trinajstić information content (AvgIpc) is 2.91. The van der Waals surface area contributed by atoms with Gasteiger partial charge in [0.15, 0.2) is 0 Å². The van der Waals surface area contributed by atoms with Crippen molar-refractivity contribution in [1.82, 2.24) is 4.90 Å². The third kappa shape index (κ3) is 1.69. The minimum absolute atomic E-state index is 0.150. The summed E-state index contributed by atoms with van der Waals surface area (Å²) < 4.78 is 5.47.